The van der Waals surface area contributed by atoms with Gasteiger partial charge in [0.1, 0.15) is 5.82 Å². The van der Waals surface area contributed by atoms with Crippen LogP contribution >= 0.6 is 11.6 Å². The van der Waals surface area contributed by atoms with Gasteiger partial charge in [0.05, 0.1) is 5.02 Å². The summed E-state index contributed by atoms with van der Waals surface area (Å²) >= 11 is 5.94. The molecule has 1 N–H and O–H groups in total. The molecule has 0 unspecified atom stereocenters. The van der Waals surface area contributed by atoms with Crippen molar-refractivity contribution in [3.05, 3.63) is 76.1 Å². The Kier molecular flexibility index (Phi) is 6.42. The number of hydrogen-bond donors (Lipinski definition) is 1. The molecular formula is C21H22ClFN2O. The normalized spacial score (nSPS) is 14.8. The van der Waals surface area contributed by atoms with Crippen molar-refractivity contribution in [1.29, 1.82) is 0 Å². The summed E-state index contributed by atoms with van der Waals surface area (Å²) in [6.45, 7) is 3.77. The molecule has 1 saturated heterocycles. The average molecular weight is 373 g/mol. The second-order valence-electron chi connectivity index (χ2n) is 6.49. The Labute approximate surface area is 158 Å². The van der Waals surface area contributed by atoms with E-state index < -0.39 is 5.82 Å². The summed E-state index contributed by atoms with van der Waals surface area (Å²) in [5.41, 5.74) is 2.53. The lowest BCUT2D eigenvalue weighted by Crippen LogP contribution is -2.20. The molecule has 2 aromatic rings. The molecule has 0 radical (unpaired) electrons. The molecule has 1 aliphatic heterocycles. The molecule has 2 aromatic carbocycles. The second kappa shape index (κ2) is 8.97. The van der Waals surface area contributed by atoms with Gasteiger partial charge in [0, 0.05) is 24.7 Å². The van der Waals surface area contributed by atoms with E-state index in [1.807, 2.05) is 12.1 Å². The van der Waals surface area contributed by atoms with Crippen LogP contribution in [0.15, 0.2) is 48.5 Å². The second-order valence-corrected chi connectivity index (χ2v) is 6.89. The van der Waals surface area contributed by atoms with Crippen LogP contribution in [0.5, 0.6) is 0 Å². The quantitative estimate of drug-likeness (QED) is 0.762. The van der Waals surface area contributed by atoms with Crippen LogP contribution < -0.4 is 5.32 Å². The lowest BCUT2D eigenvalue weighted by atomic mass is 10.1. The topological polar surface area (TPSA) is 32.3 Å². The van der Waals surface area contributed by atoms with Crippen LogP contribution in [0, 0.1) is 5.82 Å². The molecule has 0 aliphatic carbocycles. The van der Waals surface area contributed by atoms with E-state index in [1.165, 1.54) is 55.8 Å². The van der Waals surface area contributed by atoms with E-state index in [1.54, 1.807) is 6.07 Å². The number of hydrogen-bond acceptors (Lipinski definition) is 2. The first-order valence-corrected chi connectivity index (χ1v) is 9.20. The van der Waals surface area contributed by atoms with Crippen LogP contribution in [0.2, 0.25) is 5.02 Å². The number of nitrogens with one attached hydrogen (secondary N) is 1. The van der Waals surface area contributed by atoms with Crippen molar-refractivity contribution in [2.45, 2.75) is 25.9 Å². The average Bonchev–Trinajstić information content (AvgIpc) is 3.14. The first-order chi connectivity index (χ1) is 12.6. The van der Waals surface area contributed by atoms with E-state index in [2.05, 4.69) is 22.3 Å². The molecule has 0 spiro atoms. The van der Waals surface area contributed by atoms with Crippen molar-refractivity contribution in [3.8, 4) is 0 Å². The monoisotopic (exact) mass is 372 g/mol. The van der Waals surface area contributed by atoms with Gasteiger partial charge in [-0.15, -0.1) is 0 Å². The molecule has 0 bridgehead atoms. The van der Waals surface area contributed by atoms with Crippen molar-refractivity contribution in [1.82, 2.24) is 10.2 Å². The van der Waals surface area contributed by atoms with Gasteiger partial charge in [-0.2, -0.15) is 0 Å². The molecule has 0 aromatic heterocycles. The summed E-state index contributed by atoms with van der Waals surface area (Å²) in [4.78, 5) is 14.4. The Bertz CT molecular complexity index is 763. The summed E-state index contributed by atoms with van der Waals surface area (Å²) < 4.78 is 13.7. The van der Waals surface area contributed by atoms with Crippen molar-refractivity contribution >= 4 is 23.6 Å². The highest BCUT2D eigenvalue weighted by Gasteiger charge is 2.11. The third kappa shape index (κ3) is 5.16. The summed E-state index contributed by atoms with van der Waals surface area (Å²) in [5, 5.41) is 3.08. The van der Waals surface area contributed by atoms with E-state index in [0.29, 0.717) is 6.54 Å². The largest absolute Gasteiger partial charge is 0.348 e. The van der Waals surface area contributed by atoms with Crippen LogP contribution in [0.3, 0.4) is 0 Å². The Morgan fingerprint density at radius 2 is 1.81 bits per heavy atom. The van der Waals surface area contributed by atoms with Gasteiger partial charge in [-0.1, -0.05) is 41.9 Å². The van der Waals surface area contributed by atoms with Crippen molar-refractivity contribution in [2.75, 3.05) is 13.1 Å². The molecule has 3 nitrogen and oxygen atoms in total. The number of likely N-dealkylation sites (tertiary alicyclic amines) is 1. The maximum absolute atomic E-state index is 13.7. The van der Waals surface area contributed by atoms with Crippen molar-refractivity contribution in [3.63, 3.8) is 0 Å². The molecule has 5 heteroatoms. The Balaban J connectivity index is 1.50. The van der Waals surface area contributed by atoms with Gasteiger partial charge < -0.3 is 5.32 Å². The fraction of sp³-hybridized carbons (Fsp3) is 0.286. The number of benzene rings is 2. The fourth-order valence-electron chi connectivity index (χ4n) is 3.04. The zero-order valence-electron chi connectivity index (χ0n) is 14.6. The molecule has 26 heavy (non-hydrogen) atoms. The van der Waals surface area contributed by atoms with Gasteiger partial charge in [0.25, 0.3) is 0 Å². The van der Waals surface area contributed by atoms with Gasteiger partial charge in [0.15, 0.2) is 0 Å². The summed E-state index contributed by atoms with van der Waals surface area (Å²) in [7, 11) is 0. The van der Waals surface area contributed by atoms with Gasteiger partial charge in [-0.25, -0.2) is 4.39 Å². The maximum Gasteiger partial charge on any atom is 0.244 e. The van der Waals surface area contributed by atoms with Crippen LogP contribution in [-0.4, -0.2) is 23.9 Å². The first-order valence-electron chi connectivity index (χ1n) is 8.82. The molecule has 1 heterocycles. The maximum atomic E-state index is 13.7. The molecule has 0 saturated carbocycles. The van der Waals surface area contributed by atoms with E-state index in [0.717, 1.165) is 12.1 Å². The lowest BCUT2D eigenvalue weighted by molar-refractivity contribution is -0.116. The van der Waals surface area contributed by atoms with E-state index >= 15 is 0 Å². The SMILES string of the molecule is O=C(/C=C/c1c(F)cccc1Cl)NCc1ccc(CN2CCCC2)cc1. The van der Waals surface area contributed by atoms with Crippen LogP contribution in [0.25, 0.3) is 6.08 Å². The minimum atomic E-state index is -0.449. The highest BCUT2D eigenvalue weighted by atomic mass is 35.5. The Morgan fingerprint density at radius 1 is 1.12 bits per heavy atom. The highest BCUT2D eigenvalue weighted by molar-refractivity contribution is 6.32. The zero-order chi connectivity index (χ0) is 18.4. The smallest absolute Gasteiger partial charge is 0.244 e. The number of carbonyl (C=O) groups is 1. The number of carbonyl (C=O) groups excluding carboxylic acids is 1. The van der Waals surface area contributed by atoms with Crippen LogP contribution in [-0.2, 0) is 17.9 Å². The Morgan fingerprint density at radius 3 is 2.50 bits per heavy atom. The van der Waals surface area contributed by atoms with Gasteiger partial charge in [0.2, 0.25) is 5.91 Å². The lowest BCUT2D eigenvalue weighted by Gasteiger charge is -2.14. The van der Waals surface area contributed by atoms with Crippen molar-refractivity contribution in [2.24, 2.45) is 0 Å². The van der Waals surface area contributed by atoms with Crippen molar-refractivity contribution < 1.29 is 9.18 Å². The molecule has 0 atom stereocenters. The highest BCUT2D eigenvalue weighted by Crippen LogP contribution is 2.20. The number of amides is 1. The predicted octanol–water partition coefficient (Wildman–Crippen LogP) is 4.40. The van der Waals surface area contributed by atoms with Gasteiger partial charge >= 0.3 is 0 Å². The van der Waals surface area contributed by atoms with Crippen LogP contribution in [0.1, 0.15) is 29.5 Å². The first kappa shape index (κ1) is 18.6. The molecule has 1 aliphatic rings. The van der Waals surface area contributed by atoms with E-state index in [4.69, 9.17) is 11.6 Å². The zero-order valence-corrected chi connectivity index (χ0v) is 15.3. The summed E-state index contributed by atoms with van der Waals surface area (Å²) in [5.74, 6) is -0.736. The van der Waals surface area contributed by atoms with Crippen LogP contribution in [0.4, 0.5) is 4.39 Å². The number of halogens is 2. The molecule has 1 fully saturated rings. The van der Waals surface area contributed by atoms with E-state index in [-0.39, 0.29) is 16.5 Å². The molecule has 136 valence electrons. The fourth-order valence-corrected chi connectivity index (χ4v) is 3.26. The van der Waals surface area contributed by atoms with Gasteiger partial charge in [-0.05, 0) is 55.3 Å². The molecule has 1 amide bonds. The minimum absolute atomic E-state index is 0.218. The molecular weight excluding hydrogens is 351 g/mol. The third-order valence-electron chi connectivity index (χ3n) is 4.50. The predicted molar refractivity (Wildman–Crippen MR) is 103 cm³/mol. The standard InChI is InChI=1S/C21H22ClFN2O/c22-19-4-3-5-20(23)18(19)10-11-21(26)24-14-16-6-8-17(9-7-16)15-25-12-1-2-13-25/h3-11H,1-2,12-15H2,(H,24,26)/b11-10+. The summed E-state index contributed by atoms with van der Waals surface area (Å²) in [6.07, 6.45) is 5.27. The molecule has 3 rings (SSSR count). The van der Waals surface area contributed by atoms with Gasteiger partial charge in [-0.3, -0.25) is 9.69 Å². The number of rotatable bonds is 6. The summed E-state index contributed by atoms with van der Waals surface area (Å²) in [6, 6.07) is 12.7. The third-order valence-corrected chi connectivity index (χ3v) is 4.83. The minimum Gasteiger partial charge on any atom is -0.348 e. The number of nitrogens with zero attached hydrogens (tertiary/aromatic N) is 1. The Hall–Kier alpha value is -2.17. The van der Waals surface area contributed by atoms with E-state index in [9.17, 15) is 9.18 Å².